The van der Waals surface area contributed by atoms with Crippen molar-refractivity contribution in [2.75, 3.05) is 9.80 Å². The third-order valence-electron chi connectivity index (χ3n) is 21.7. The van der Waals surface area contributed by atoms with Crippen molar-refractivity contribution in [1.29, 1.82) is 0 Å². The van der Waals surface area contributed by atoms with Gasteiger partial charge in [0.25, 0.3) is 0 Å². The summed E-state index contributed by atoms with van der Waals surface area (Å²) in [5.74, 6) is -0.621. The van der Waals surface area contributed by atoms with E-state index in [2.05, 4.69) is 252 Å². The zero-order chi connectivity index (χ0) is 63.0. The first kappa shape index (κ1) is 60.7. The van der Waals surface area contributed by atoms with E-state index in [4.69, 9.17) is 0 Å². The van der Waals surface area contributed by atoms with Crippen molar-refractivity contribution in [2.45, 2.75) is 0 Å². The fraction of sp³-hybridized carbons (Fsp3) is 0. The van der Waals surface area contributed by atoms with Crippen molar-refractivity contribution in [3.63, 3.8) is 0 Å². The monoisotopic (exact) mass is 1120 g/mol. The number of hydrogen-bond donors (Lipinski definition) is 0. The highest BCUT2D eigenvalue weighted by Gasteiger charge is 2.27. The Hall–Kier alpha value is -7.56. The minimum atomic E-state index is -0.310. The molecule has 0 fully saturated rings. The largest absolute Gasteiger partial charge is 0.310 e. The molecule has 0 bridgehead atoms. The van der Waals surface area contributed by atoms with Crippen LogP contribution in [0.2, 0.25) is 0 Å². The van der Waals surface area contributed by atoms with Gasteiger partial charge in [0.1, 0.15) is 169 Å². The molecule has 0 atom stereocenters. The lowest BCUT2D eigenvalue weighted by atomic mass is 9.59. The molecule has 402 valence electrons. The van der Waals surface area contributed by atoms with Gasteiger partial charge in [0.2, 0.25) is 0 Å². The molecule has 0 unspecified atom stereocenters. The van der Waals surface area contributed by atoms with Crippen LogP contribution in [-0.4, -0.2) is 157 Å². The predicted octanol–water partition coefficient (Wildman–Crippen LogP) is -16.4. The third-order valence-corrected chi connectivity index (χ3v) is 21.7. The summed E-state index contributed by atoms with van der Waals surface area (Å²) in [6.45, 7) is 0. The van der Waals surface area contributed by atoms with Crippen LogP contribution < -0.4 is 119 Å². The van der Waals surface area contributed by atoms with E-state index in [-0.39, 0.29) is 11.6 Å². The fourth-order valence-electron chi connectivity index (χ4n) is 15.0. The van der Waals surface area contributed by atoms with Crippen molar-refractivity contribution < 1.29 is 8.78 Å². The first-order chi connectivity index (χ1) is 41.8. The maximum Gasteiger partial charge on any atom is 0.139 e. The lowest BCUT2D eigenvalue weighted by molar-refractivity contribution is 0.627. The van der Waals surface area contributed by atoms with Gasteiger partial charge in [-0.1, -0.05) is 92.2 Å². The summed E-state index contributed by atoms with van der Waals surface area (Å²) in [6, 6.07) is 46.1. The standard InChI is InChI=1S/C64H62B20F2N2/c65-45-41(46(66)54(74)61(81)53(45)73)25-15-26(42-47(67)55(75)62(82)56(76)48(42)68)18-33(17-25)87(31-5-1-3-29(85)21-31)37-13-9-23-8-12-36-38(14-10-24-7-11-35(37)39(23)40(24)36)88(32-6-2-4-30(86)22-32)34-19-27(43-49(69)57(77)63(83)58(78)50(43)70)16-28(20-34)44-51(71)59(79)64(84)60(80)52(44)72/h1-22H,65-84H2. The number of anilines is 6. The van der Waals surface area contributed by atoms with Crippen molar-refractivity contribution in [3.8, 4) is 44.5 Å². The van der Waals surface area contributed by atoms with Gasteiger partial charge in [-0.05, 0) is 151 Å². The van der Waals surface area contributed by atoms with E-state index < -0.39 is 0 Å². The Morgan fingerprint density at radius 1 is 0.227 bits per heavy atom. The van der Waals surface area contributed by atoms with E-state index in [1.54, 1.807) is 12.1 Å². The first-order valence-corrected chi connectivity index (χ1v) is 31.2. The van der Waals surface area contributed by atoms with Crippen molar-refractivity contribution in [3.05, 3.63) is 145 Å². The van der Waals surface area contributed by atoms with E-state index in [0.29, 0.717) is 0 Å². The molecule has 24 heteroatoms. The number of halogens is 2. The molecule has 0 spiro atoms. The van der Waals surface area contributed by atoms with Crippen molar-refractivity contribution >= 4 is 333 Å². The molecule has 0 saturated carbocycles. The molecular weight excluding hydrogens is 1050 g/mol. The molecule has 0 aliphatic rings. The summed E-state index contributed by atoms with van der Waals surface area (Å²) >= 11 is 0. The average molecular weight is 1110 g/mol. The van der Waals surface area contributed by atoms with Gasteiger partial charge in [-0.15, -0.1) is 65.6 Å². The number of benzene rings is 12. The maximum atomic E-state index is 16.1. The van der Waals surface area contributed by atoms with Gasteiger partial charge in [-0.25, -0.2) is 8.78 Å². The van der Waals surface area contributed by atoms with Gasteiger partial charge >= 0.3 is 0 Å². The molecule has 0 N–H and O–H groups in total. The summed E-state index contributed by atoms with van der Waals surface area (Å²) in [4.78, 5) is 4.56. The van der Waals surface area contributed by atoms with Crippen LogP contribution in [0.25, 0.3) is 76.8 Å². The van der Waals surface area contributed by atoms with Crippen LogP contribution in [0.1, 0.15) is 0 Å². The van der Waals surface area contributed by atoms with Gasteiger partial charge in [0, 0.05) is 33.5 Å². The van der Waals surface area contributed by atoms with Crippen molar-refractivity contribution in [1.82, 2.24) is 0 Å². The highest BCUT2D eigenvalue weighted by molar-refractivity contribution is 6.72. The van der Waals surface area contributed by atoms with E-state index in [9.17, 15) is 0 Å². The maximum absolute atomic E-state index is 16.1. The minimum Gasteiger partial charge on any atom is -0.310 e. The van der Waals surface area contributed by atoms with Crippen LogP contribution in [0.4, 0.5) is 42.9 Å². The van der Waals surface area contributed by atoms with Crippen LogP contribution in [-0.2, 0) is 0 Å². The SMILES string of the molecule is Bc1c(B)c(B)c(-c2cc(-c3c(B)c(B)c(B)c(B)c3B)cc(N(c3cccc(F)c3)c3ccc4ccc5c(N(c6cccc(F)c6)c6cc(-c7c(B)c(B)c(B)c(B)c7B)cc(-c7c(B)c(B)c(B)c(B)c7B)c6)ccc6ccc3c4c65)c2)c(B)c1B. The smallest absolute Gasteiger partial charge is 0.139 e. The number of hydrogen-bond acceptors (Lipinski definition) is 2. The second kappa shape index (κ2) is 22.8. The van der Waals surface area contributed by atoms with Gasteiger partial charge in [0.05, 0.1) is 11.4 Å². The normalized spacial score (nSPS) is 11.5. The van der Waals surface area contributed by atoms with Crippen LogP contribution >= 0.6 is 0 Å². The van der Waals surface area contributed by atoms with Crippen LogP contribution in [0.5, 0.6) is 0 Å². The predicted molar refractivity (Wildman–Crippen MR) is 445 cm³/mol. The molecule has 88 heavy (non-hydrogen) atoms. The summed E-state index contributed by atoms with van der Waals surface area (Å²) in [7, 11) is 45.0. The van der Waals surface area contributed by atoms with Crippen molar-refractivity contribution in [2.24, 2.45) is 0 Å². The molecule has 12 aromatic rings. The Kier molecular flexibility index (Phi) is 15.7. The van der Waals surface area contributed by atoms with Gasteiger partial charge in [-0.2, -0.15) is 0 Å². The quantitative estimate of drug-likeness (QED) is 0.0995. The van der Waals surface area contributed by atoms with Crippen LogP contribution in [0.3, 0.4) is 0 Å². The van der Waals surface area contributed by atoms with E-state index >= 15 is 8.78 Å². The summed E-state index contributed by atoms with van der Waals surface area (Å²) in [6.07, 6.45) is 0. The second-order valence-corrected chi connectivity index (χ2v) is 25.8. The summed E-state index contributed by atoms with van der Waals surface area (Å²) in [5, 5.41) is 6.43. The number of rotatable bonds is 10. The zero-order valence-electron chi connectivity index (χ0n) is 55.4. The van der Waals surface area contributed by atoms with Gasteiger partial charge in [0.15, 0.2) is 0 Å². The first-order valence-electron chi connectivity index (χ1n) is 31.2. The Balaban J connectivity index is 1.16. The van der Waals surface area contributed by atoms with E-state index in [0.717, 1.165) is 88.7 Å². The molecule has 12 aromatic carbocycles. The van der Waals surface area contributed by atoms with Gasteiger partial charge in [-0.3, -0.25) is 0 Å². The van der Waals surface area contributed by atoms with Crippen LogP contribution in [0, 0.1) is 11.6 Å². The number of nitrogens with zero attached hydrogens (tertiary/aromatic N) is 2. The Morgan fingerprint density at radius 3 is 0.716 bits per heavy atom. The lowest BCUT2D eigenvalue weighted by Crippen LogP contribution is -2.55. The zero-order valence-corrected chi connectivity index (χ0v) is 55.4. The Labute approximate surface area is 537 Å². The lowest BCUT2D eigenvalue weighted by Gasteiger charge is -2.31. The average Bonchev–Trinajstić information content (AvgIpc) is 0.783. The van der Waals surface area contributed by atoms with Gasteiger partial charge < -0.3 is 9.80 Å². The summed E-state index contributed by atoms with van der Waals surface area (Å²) < 4.78 is 32.3. The molecule has 0 amide bonds. The second-order valence-electron chi connectivity index (χ2n) is 25.8. The van der Waals surface area contributed by atoms with E-state index in [1.807, 2.05) is 24.3 Å². The molecule has 0 radical (unpaired) electrons. The minimum absolute atomic E-state index is 0.310. The molecule has 12 rings (SSSR count). The highest BCUT2D eigenvalue weighted by Crippen LogP contribution is 2.49. The molecule has 0 aliphatic heterocycles. The molecule has 0 heterocycles. The fourth-order valence-corrected chi connectivity index (χ4v) is 15.0. The van der Waals surface area contributed by atoms with E-state index in [1.165, 1.54) is 144 Å². The highest BCUT2D eigenvalue weighted by atomic mass is 19.1. The Morgan fingerprint density at radius 2 is 0.466 bits per heavy atom. The van der Waals surface area contributed by atoms with Crippen LogP contribution in [0.15, 0.2) is 133 Å². The molecule has 0 aliphatic carbocycles. The third kappa shape index (κ3) is 9.68. The molecule has 0 aromatic heterocycles. The molecule has 0 saturated heterocycles. The summed E-state index contributed by atoms with van der Waals surface area (Å²) in [5.41, 5.74) is 40.2. The molecular formula is C64H62B20F2N2. The molecule has 2 nitrogen and oxygen atoms in total. The topological polar surface area (TPSA) is 6.48 Å². The Bertz CT molecular complexity index is 4400.